The molecule has 3 amide bonds. The van der Waals surface area contributed by atoms with Crippen molar-refractivity contribution in [1.29, 1.82) is 0 Å². The van der Waals surface area contributed by atoms with Crippen molar-refractivity contribution in [2.24, 2.45) is 0 Å². The Balaban J connectivity index is 1.02. The van der Waals surface area contributed by atoms with Crippen LogP contribution in [-0.2, 0) is 4.79 Å². The zero-order chi connectivity index (χ0) is 31.3. The van der Waals surface area contributed by atoms with Crippen LogP contribution in [-0.4, -0.2) is 77.9 Å². The molecule has 1 aromatic heterocycles. The molecule has 3 aromatic rings. The van der Waals surface area contributed by atoms with E-state index >= 15 is 0 Å². The lowest BCUT2D eigenvalue weighted by Crippen LogP contribution is -2.47. The van der Waals surface area contributed by atoms with Gasteiger partial charge in [-0.15, -0.1) is 11.3 Å². The Hall–Kier alpha value is -3.76. The second-order valence-corrected chi connectivity index (χ2v) is 13.3. The van der Waals surface area contributed by atoms with E-state index in [1.165, 1.54) is 42.6 Å². The summed E-state index contributed by atoms with van der Waals surface area (Å²) in [5.74, 6) is 1.19. The Morgan fingerprint density at radius 1 is 0.956 bits per heavy atom. The van der Waals surface area contributed by atoms with E-state index in [9.17, 15) is 14.4 Å². The number of benzene rings is 2. The van der Waals surface area contributed by atoms with Gasteiger partial charge in [-0.25, -0.2) is 4.98 Å². The topological polar surface area (TPSA) is 104 Å². The van der Waals surface area contributed by atoms with Crippen LogP contribution in [0.25, 0.3) is 11.3 Å². The molecule has 3 aliphatic rings. The molecule has 2 N–H and O–H groups in total. The highest BCUT2D eigenvalue weighted by Crippen LogP contribution is 2.39. The maximum Gasteiger partial charge on any atom is 0.257 e. The first-order chi connectivity index (χ1) is 21.9. The Kier molecular flexibility index (Phi) is 9.80. The zero-order valence-corrected chi connectivity index (χ0v) is 27.0. The number of nitrogens with zero attached hydrogens (tertiary/aromatic N) is 3. The molecule has 6 rings (SSSR count). The van der Waals surface area contributed by atoms with Crippen molar-refractivity contribution in [1.82, 2.24) is 20.1 Å². The first-order valence-electron chi connectivity index (χ1n) is 16.3. The average Bonchev–Trinajstić information content (AvgIpc) is 3.87. The van der Waals surface area contributed by atoms with Crippen LogP contribution in [0, 0.1) is 0 Å². The number of carbonyl (C=O) groups excluding carboxylic acids is 3. The fourth-order valence-corrected chi connectivity index (χ4v) is 7.72. The number of piperidine rings is 1. The third-order valence-electron chi connectivity index (χ3n) is 9.62. The Labute approximate surface area is 269 Å². The SMILES string of the molecule is CCC(=O)N[C@@H]1CCN(C2CCN(C(=O)c3ccc(C(=O)Nc4nc(-c5cc(C6CCCC6)ccc5OC)cs4)cc3)CC2)C1. The van der Waals surface area contributed by atoms with Crippen LogP contribution in [0.3, 0.4) is 0 Å². The first kappa shape index (κ1) is 31.2. The van der Waals surface area contributed by atoms with Gasteiger partial charge < -0.3 is 15.0 Å². The van der Waals surface area contributed by atoms with Crippen LogP contribution >= 0.6 is 11.3 Å². The van der Waals surface area contributed by atoms with Gasteiger partial charge in [0.2, 0.25) is 5.91 Å². The van der Waals surface area contributed by atoms with E-state index in [4.69, 9.17) is 9.72 Å². The van der Waals surface area contributed by atoms with E-state index in [1.54, 1.807) is 31.4 Å². The van der Waals surface area contributed by atoms with Crippen LogP contribution in [0.4, 0.5) is 5.13 Å². The van der Waals surface area contributed by atoms with Gasteiger partial charge in [-0.1, -0.05) is 25.8 Å². The van der Waals surface area contributed by atoms with E-state index in [0.29, 0.717) is 47.7 Å². The summed E-state index contributed by atoms with van der Waals surface area (Å²) in [6, 6.07) is 13.9. The molecule has 2 aliphatic heterocycles. The summed E-state index contributed by atoms with van der Waals surface area (Å²) in [6.07, 6.45) is 8.32. The predicted octanol–water partition coefficient (Wildman–Crippen LogP) is 5.93. The minimum atomic E-state index is -0.263. The van der Waals surface area contributed by atoms with Crippen LogP contribution < -0.4 is 15.4 Å². The molecule has 0 spiro atoms. The van der Waals surface area contributed by atoms with Crippen LogP contribution in [0.5, 0.6) is 5.75 Å². The molecule has 238 valence electrons. The molecule has 1 saturated carbocycles. The van der Waals surface area contributed by atoms with Crippen molar-refractivity contribution in [3.05, 3.63) is 64.5 Å². The third-order valence-corrected chi connectivity index (χ3v) is 10.4. The average molecular weight is 630 g/mol. The Bertz CT molecular complexity index is 1510. The zero-order valence-electron chi connectivity index (χ0n) is 26.2. The van der Waals surface area contributed by atoms with Gasteiger partial charge in [-0.05, 0) is 80.0 Å². The van der Waals surface area contributed by atoms with E-state index in [2.05, 4.69) is 27.7 Å². The largest absolute Gasteiger partial charge is 0.496 e. The second kappa shape index (κ2) is 14.1. The summed E-state index contributed by atoms with van der Waals surface area (Å²) in [5.41, 5.74) is 4.10. The van der Waals surface area contributed by atoms with Crippen molar-refractivity contribution in [3.63, 3.8) is 0 Å². The molecule has 1 atom stereocenters. The number of ether oxygens (including phenoxy) is 1. The summed E-state index contributed by atoms with van der Waals surface area (Å²) in [5, 5.41) is 8.50. The maximum atomic E-state index is 13.2. The minimum Gasteiger partial charge on any atom is -0.496 e. The number of hydrogen-bond donors (Lipinski definition) is 2. The predicted molar refractivity (Wildman–Crippen MR) is 177 cm³/mol. The van der Waals surface area contributed by atoms with E-state index < -0.39 is 0 Å². The Morgan fingerprint density at radius 3 is 2.40 bits per heavy atom. The molecule has 1 aliphatic carbocycles. The molecule has 0 radical (unpaired) electrons. The Morgan fingerprint density at radius 2 is 1.69 bits per heavy atom. The molecular formula is C35H43N5O4S. The van der Waals surface area contributed by atoms with Gasteiger partial charge in [-0.2, -0.15) is 0 Å². The lowest BCUT2D eigenvalue weighted by molar-refractivity contribution is -0.121. The molecule has 0 bridgehead atoms. The quantitative estimate of drug-likeness (QED) is 0.304. The molecule has 2 saturated heterocycles. The molecule has 0 unspecified atom stereocenters. The molecule has 45 heavy (non-hydrogen) atoms. The van der Waals surface area contributed by atoms with Crippen molar-refractivity contribution >= 4 is 34.2 Å². The number of carbonyl (C=O) groups is 3. The fourth-order valence-electron chi connectivity index (χ4n) is 7.01. The summed E-state index contributed by atoms with van der Waals surface area (Å²) < 4.78 is 5.63. The summed E-state index contributed by atoms with van der Waals surface area (Å²) >= 11 is 1.38. The second-order valence-electron chi connectivity index (χ2n) is 12.4. The molecular weight excluding hydrogens is 586 g/mol. The monoisotopic (exact) mass is 629 g/mol. The fraction of sp³-hybridized carbons (Fsp3) is 0.486. The van der Waals surface area contributed by atoms with Crippen LogP contribution in [0.2, 0.25) is 0 Å². The van der Waals surface area contributed by atoms with Gasteiger partial charge in [0.15, 0.2) is 5.13 Å². The highest BCUT2D eigenvalue weighted by atomic mass is 32.1. The van der Waals surface area contributed by atoms with Gasteiger partial charge in [0.1, 0.15) is 5.75 Å². The molecule has 9 nitrogen and oxygen atoms in total. The molecule has 10 heteroatoms. The number of aromatic nitrogens is 1. The number of rotatable bonds is 9. The number of anilines is 1. The number of amides is 3. The van der Waals surface area contributed by atoms with Crippen LogP contribution in [0.1, 0.15) is 90.5 Å². The molecule has 3 heterocycles. The smallest absolute Gasteiger partial charge is 0.257 e. The highest BCUT2D eigenvalue weighted by Gasteiger charge is 2.32. The highest BCUT2D eigenvalue weighted by molar-refractivity contribution is 7.14. The summed E-state index contributed by atoms with van der Waals surface area (Å²) in [4.78, 5) is 47.1. The number of methoxy groups -OCH3 is 1. The molecule has 3 fully saturated rings. The van der Waals surface area contributed by atoms with Crippen molar-refractivity contribution in [2.45, 2.75) is 76.3 Å². The minimum absolute atomic E-state index is 0.00624. The van der Waals surface area contributed by atoms with Crippen molar-refractivity contribution < 1.29 is 19.1 Å². The standard InChI is InChI=1S/C35H43N5O4S/c1-3-32(41)36-27-14-17-40(21-27)28-15-18-39(19-16-28)34(43)25-10-8-24(9-11-25)33(42)38-35-37-30(22-45-35)29-20-26(12-13-31(29)44-2)23-6-4-5-7-23/h8-13,20,22-23,27-28H,3-7,14-19,21H2,1-2H3,(H,36,41)(H,37,38,42)/t27-/m1/s1. The van der Waals surface area contributed by atoms with Gasteiger partial charge in [0, 0.05) is 66.8 Å². The normalized spacial score (nSPS) is 19.5. The maximum absolute atomic E-state index is 13.2. The number of hydrogen-bond acceptors (Lipinski definition) is 7. The number of likely N-dealkylation sites (tertiary alicyclic amines) is 2. The first-order valence-corrected chi connectivity index (χ1v) is 17.2. The van der Waals surface area contributed by atoms with Gasteiger partial charge >= 0.3 is 0 Å². The van der Waals surface area contributed by atoms with Crippen LogP contribution in [0.15, 0.2) is 47.8 Å². The summed E-state index contributed by atoms with van der Waals surface area (Å²) in [6.45, 7) is 5.16. The lowest BCUT2D eigenvalue weighted by Gasteiger charge is -2.36. The van der Waals surface area contributed by atoms with Gasteiger partial charge in [0.05, 0.1) is 12.8 Å². The van der Waals surface area contributed by atoms with Crippen molar-refractivity contribution in [2.75, 3.05) is 38.6 Å². The van der Waals surface area contributed by atoms with Crippen molar-refractivity contribution in [3.8, 4) is 17.0 Å². The summed E-state index contributed by atoms with van der Waals surface area (Å²) in [7, 11) is 1.67. The van der Waals surface area contributed by atoms with E-state index in [1.807, 2.05) is 23.3 Å². The number of thiazole rings is 1. The van der Waals surface area contributed by atoms with E-state index in [-0.39, 0.29) is 23.8 Å². The third kappa shape index (κ3) is 7.23. The number of nitrogens with one attached hydrogen (secondary N) is 2. The van der Waals surface area contributed by atoms with Gasteiger partial charge in [0.25, 0.3) is 11.8 Å². The lowest BCUT2D eigenvalue weighted by atomic mass is 9.95. The molecule has 2 aromatic carbocycles. The van der Waals surface area contributed by atoms with E-state index in [0.717, 1.165) is 49.4 Å². The van der Waals surface area contributed by atoms with Gasteiger partial charge in [-0.3, -0.25) is 24.6 Å².